The first kappa shape index (κ1) is 15.4. The molecule has 1 heterocycles. The topological polar surface area (TPSA) is 52.6 Å². The van der Waals surface area contributed by atoms with E-state index in [0.717, 1.165) is 30.0 Å². The van der Waals surface area contributed by atoms with Crippen LogP contribution in [0.25, 0.3) is 0 Å². The SMILES string of the molecule is CSc1ccccc1NC(=O)CN1CCCC(C)(O)C1. The second-order valence-electron chi connectivity index (χ2n) is 5.56. The van der Waals surface area contributed by atoms with E-state index >= 15 is 0 Å². The van der Waals surface area contributed by atoms with Gasteiger partial charge in [-0.2, -0.15) is 0 Å². The number of benzene rings is 1. The van der Waals surface area contributed by atoms with Crippen molar-refractivity contribution in [3.8, 4) is 0 Å². The molecule has 2 rings (SSSR count). The summed E-state index contributed by atoms with van der Waals surface area (Å²) < 4.78 is 0. The van der Waals surface area contributed by atoms with Gasteiger partial charge in [0.05, 0.1) is 17.8 Å². The number of thioether (sulfide) groups is 1. The zero-order chi connectivity index (χ0) is 14.6. The predicted octanol–water partition coefficient (Wildman–Crippen LogP) is 2.19. The fourth-order valence-corrected chi connectivity index (χ4v) is 3.15. The Morgan fingerprint density at radius 1 is 1.50 bits per heavy atom. The van der Waals surface area contributed by atoms with Crippen molar-refractivity contribution in [2.24, 2.45) is 0 Å². The molecule has 1 unspecified atom stereocenters. The van der Waals surface area contributed by atoms with Crippen molar-refractivity contribution in [1.29, 1.82) is 0 Å². The molecule has 0 radical (unpaired) electrons. The summed E-state index contributed by atoms with van der Waals surface area (Å²) in [6.07, 6.45) is 3.73. The van der Waals surface area contributed by atoms with Gasteiger partial charge in [-0.25, -0.2) is 0 Å². The number of nitrogens with zero attached hydrogens (tertiary/aromatic N) is 1. The average molecular weight is 294 g/mol. The van der Waals surface area contributed by atoms with Gasteiger partial charge in [0.15, 0.2) is 0 Å². The third-order valence-corrected chi connectivity index (χ3v) is 4.30. The maximum Gasteiger partial charge on any atom is 0.238 e. The normalized spacial score (nSPS) is 23.6. The van der Waals surface area contributed by atoms with Crippen LogP contribution in [-0.4, -0.2) is 47.4 Å². The lowest BCUT2D eigenvalue weighted by Gasteiger charge is -2.36. The number of rotatable bonds is 4. The number of β-amino-alcohol motifs (C(OH)–C–C–N with tert-alkyl or cyclic N) is 1. The van der Waals surface area contributed by atoms with Crippen LogP contribution in [0.4, 0.5) is 5.69 Å². The summed E-state index contributed by atoms with van der Waals surface area (Å²) >= 11 is 1.61. The van der Waals surface area contributed by atoms with Crippen molar-refractivity contribution in [1.82, 2.24) is 4.90 Å². The highest BCUT2D eigenvalue weighted by molar-refractivity contribution is 7.98. The maximum atomic E-state index is 12.1. The number of para-hydroxylation sites is 1. The molecule has 20 heavy (non-hydrogen) atoms. The number of nitrogens with one attached hydrogen (secondary N) is 1. The standard InChI is InChI=1S/C15H22N2O2S/c1-15(19)8-5-9-17(11-15)10-14(18)16-12-6-3-4-7-13(12)20-2/h3-4,6-7,19H,5,8-11H2,1-2H3,(H,16,18). The molecule has 5 heteroatoms. The van der Waals surface area contributed by atoms with Crippen molar-refractivity contribution < 1.29 is 9.90 Å². The maximum absolute atomic E-state index is 12.1. The van der Waals surface area contributed by atoms with Gasteiger partial charge in [0.2, 0.25) is 5.91 Å². The van der Waals surface area contributed by atoms with Crippen molar-refractivity contribution >= 4 is 23.4 Å². The molecule has 4 nitrogen and oxygen atoms in total. The molecule has 0 aliphatic carbocycles. The zero-order valence-electron chi connectivity index (χ0n) is 12.1. The number of hydrogen-bond donors (Lipinski definition) is 2. The van der Waals surface area contributed by atoms with Crippen LogP contribution in [-0.2, 0) is 4.79 Å². The quantitative estimate of drug-likeness (QED) is 0.836. The van der Waals surface area contributed by atoms with E-state index in [1.54, 1.807) is 11.8 Å². The second-order valence-corrected chi connectivity index (χ2v) is 6.41. The van der Waals surface area contributed by atoms with Crippen molar-refractivity contribution in [3.05, 3.63) is 24.3 Å². The fraction of sp³-hybridized carbons (Fsp3) is 0.533. The molecular weight excluding hydrogens is 272 g/mol. The number of hydrogen-bond acceptors (Lipinski definition) is 4. The summed E-state index contributed by atoms with van der Waals surface area (Å²) in [5, 5.41) is 13.0. The molecule has 1 atom stereocenters. The van der Waals surface area contributed by atoms with Crippen molar-refractivity contribution in [2.45, 2.75) is 30.3 Å². The smallest absolute Gasteiger partial charge is 0.238 e. The molecule has 1 aliphatic rings. The molecule has 1 fully saturated rings. The van der Waals surface area contributed by atoms with Gasteiger partial charge >= 0.3 is 0 Å². The lowest BCUT2D eigenvalue weighted by atomic mass is 9.95. The van der Waals surface area contributed by atoms with E-state index in [2.05, 4.69) is 5.32 Å². The number of carbonyl (C=O) groups is 1. The van der Waals surface area contributed by atoms with Crippen LogP contribution in [0.5, 0.6) is 0 Å². The van der Waals surface area contributed by atoms with Gasteiger partial charge in [0, 0.05) is 11.4 Å². The lowest BCUT2D eigenvalue weighted by Crippen LogP contribution is -2.48. The monoisotopic (exact) mass is 294 g/mol. The number of carbonyl (C=O) groups excluding carboxylic acids is 1. The molecule has 2 N–H and O–H groups in total. The predicted molar refractivity (Wildman–Crippen MR) is 83.2 cm³/mol. The number of aliphatic hydroxyl groups is 1. The van der Waals surface area contributed by atoms with E-state index in [1.807, 2.05) is 42.3 Å². The molecule has 0 bridgehead atoms. The molecule has 110 valence electrons. The number of piperidine rings is 1. The minimum atomic E-state index is -0.671. The van der Waals surface area contributed by atoms with Crippen molar-refractivity contribution in [3.63, 3.8) is 0 Å². The van der Waals surface area contributed by atoms with E-state index in [4.69, 9.17) is 0 Å². The molecule has 0 spiro atoms. The summed E-state index contributed by atoms with van der Waals surface area (Å²) in [6.45, 7) is 3.59. The summed E-state index contributed by atoms with van der Waals surface area (Å²) in [6, 6.07) is 7.78. The van der Waals surface area contributed by atoms with Crippen LogP contribution in [0.1, 0.15) is 19.8 Å². The zero-order valence-corrected chi connectivity index (χ0v) is 12.9. The highest BCUT2D eigenvalue weighted by Gasteiger charge is 2.29. The molecule has 1 saturated heterocycles. The molecule has 1 amide bonds. The van der Waals surface area contributed by atoms with Crippen molar-refractivity contribution in [2.75, 3.05) is 31.2 Å². The van der Waals surface area contributed by atoms with Crippen LogP contribution in [0.2, 0.25) is 0 Å². The van der Waals surface area contributed by atoms with Crippen LogP contribution >= 0.6 is 11.8 Å². The Balaban J connectivity index is 1.92. The van der Waals surface area contributed by atoms with Gasteiger partial charge in [-0.05, 0) is 44.7 Å². The minimum Gasteiger partial charge on any atom is -0.389 e. The molecular formula is C15H22N2O2S. The third kappa shape index (κ3) is 4.23. The van der Waals surface area contributed by atoms with Crippen LogP contribution in [0.3, 0.4) is 0 Å². The van der Waals surface area contributed by atoms with Gasteiger partial charge in [0.1, 0.15) is 0 Å². The Hall–Kier alpha value is -1.04. The highest BCUT2D eigenvalue weighted by Crippen LogP contribution is 2.25. The third-order valence-electron chi connectivity index (χ3n) is 3.50. The molecule has 0 saturated carbocycles. The number of amides is 1. The Morgan fingerprint density at radius 3 is 2.95 bits per heavy atom. The Kier molecular flexibility index (Phi) is 5.07. The van der Waals surface area contributed by atoms with Gasteiger partial charge in [-0.1, -0.05) is 12.1 Å². The lowest BCUT2D eigenvalue weighted by molar-refractivity contribution is -0.118. The Morgan fingerprint density at radius 2 is 2.25 bits per heavy atom. The number of anilines is 1. The summed E-state index contributed by atoms with van der Waals surface area (Å²) in [5.41, 5.74) is 0.184. The van der Waals surface area contributed by atoms with Gasteiger partial charge in [0.25, 0.3) is 0 Å². The summed E-state index contributed by atoms with van der Waals surface area (Å²) in [7, 11) is 0. The first-order valence-corrected chi connectivity index (χ1v) is 8.10. The van der Waals surface area contributed by atoms with E-state index in [1.165, 1.54) is 0 Å². The molecule has 0 aromatic heterocycles. The van der Waals surface area contributed by atoms with Gasteiger partial charge in [-0.3, -0.25) is 9.69 Å². The van der Waals surface area contributed by atoms with Crippen LogP contribution < -0.4 is 5.32 Å². The van der Waals surface area contributed by atoms with Gasteiger partial charge < -0.3 is 10.4 Å². The molecule has 1 aromatic carbocycles. The van der Waals surface area contributed by atoms with E-state index in [0.29, 0.717) is 13.1 Å². The highest BCUT2D eigenvalue weighted by atomic mass is 32.2. The van der Waals surface area contributed by atoms with E-state index < -0.39 is 5.60 Å². The first-order valence-electron chi connectivity index (χ1n) is 6.88. The Labute approximate surface area is 124 Å². The van der Waals surface area contributed by atoms with Crippen LogP contribution in [0, 0.1) is 0 Å². The summed E-state index contributed by atoms with van der Waals surface area (Å²) in [5.74, 6) is -0.0239. The summed E-state index contributed by atoms with van der Waals surface area (Å²) in [4.78, 5) is 15.2. The molecule has 1 aromatic rings. The number of likely N-dealkylation sites (tertiary alicyclic amines) is 1. The Bertz CT molecular complexity index is 477. The van der Waals surface area contributed by atoms with Crippen LogP contribution in [0.15, 0.2) is 29.2 Å². The van der Waals surface area contributed by atoms with E-state index in [-0.39, 0.29) is 5.91 Å². The first-order chi connectivity index (χ1) is 9.50. The largest absolute Gasteiger partial charge is 0.389 e. The average Bonchev–Trinajstić information content (AvgIpc) is 2.38. The van der Waals surface area contributed by atoms with E-state index in [9.17, 15) is 9.90 Å². The van der Waals surface area contributed by atoms with Gasteiger partial charge in [-0.15, -0.1) is 11.8 Å². The minimum absolute atomic E-state index is 0.0239. The fourth-order valence-electron chi connectivity index (χ4n) is 2.60. The molecule has 1 aliphatic heterocycles. The second kappa shape index (κ2) is 6.61.